The molecule has 3 fully saturated rings. The van der Waals surface area contributed by atoms with Crippen LogP contribution in [0.4, 0.5) is 0 Å². The molecule has 0 aromatic heterocycles. The summed E-state index contributed by atoms with van der Waals surface area (Å²) in [5, 5.41) is 9.28. The summed E-state index contributed by atoms with van der Waals surface area (Å²) in [6.45, 7) is 9.60. The zero-order chi connectivity index (χ0) is 23.3. The van der Waals surface area contributed by atoms with Gasteiger partial charge in [0.05, 0.1) is 23.2 Å². The molecule has 1 spiro atoms. The molecule has 1 N–H and O–H groups in total. The molecule has 3 aliphatic heterocycles. The molecule has 3 aliphatic rings. The van der Waals surface area contributed by atoms with Crippen molar-refractivity contribution in [1.82, 2.24) is 9.80 Å². The van der Waals surface area contributed by atoms with Crippen molar-refractivity contribution in [3.8, 4) is 0 Å². The molecule has 8 heteroatoms. The van der Waals surface area contributed by atoms with Crippen molar-refractivity contribution in [3.63, 3.8) is 0 Å². The molecule has 2 bridgehead atoms. The van der Waals surface area contributed by atoms with Gasteiger partial charge >= 0.3 is 5.97 Å². The minimum absolute atomic E-state index is 0.0292. The zero-order valence-corrected chi connectivity index (χ0v) is 20.3. The Labute approximate surface area is 195 Å². The number of nitrogens with zero attached hydrogens (tertiary/aromatic N) is 2. The molecular formula is C24H38N2O5S. The zero-order valence-electron chi connectivity index (χ0n) is 19.5. The smallest absolute Gasteiger partial charge is 0.310 e. The standard InChI is InChI=1S/C24H38N2O5S/c1-4-7-8-14-25(13-5-2)22(29)20-24-12-11-17(32-24)18(23(30)31-6-3)19(24)21(28)26(20)15-9-10-16-27/h5,17-20,27H,2,4,6-16H2,1,3H3/t17-,18+,19-,20?,24?/m0/s1. The molecule has 0 aromatic rings. The first-order valence-corrected chi connectivity index (χ1v) is 13.0. The molecule has 0 saturated carbocycles. The molecule has 180 valence electrons. The third-order valence-electron chi connectivity index (χ3n) is 7.09. The number of thioether (sulfide) groups is 1. The van der Waals surface area contributed by atoms with Gasteiger partial charge in [0.15, 0.2) is 0 Å². The maximum atomic E-state index is 14.0. The van der Waals surface area contributed by atoms with Crippen LogP contribution in [0.15, 0.2) is 12.7 Å². The number of carbonyl (C=O) groups excluding carboxylic acids is 3. The number of ether oxygens (including phenoxy) is 1. The monoisotopic (exact) mass is 466 g/mol. The van der Waals surface area contributed by atoms with Crippen LogP contribution in [-0.2, 0) is 19.1 Å². The van der Waals surface area contributed by atoms with Crippen molar-refractivity contribution in [1.29, 1.82) is 0 Å². The molecule has 3 rings (SSSR count). The summed E-state index contributed by atoms with van der Waals surface area (Å²) in [6, 6.07) is -0.574. The van der Waals surface area contributed by atoms with Gasteiger partial charge in [-0.2, -0.15) is 0 Å². The van der Waals surface area contributed by atoms with Crippen LogP contribution in [0.25, 0.3) is 0 Å². The number of hydrogen-bond acceptors (Lipinski definition) is 6. The summed E-state index contributed by atoms with van der Waals surface area (Å²) in [5.74, 6) is -1.42. The average Bonchev–Trinajstić information content (AvgIpc) is 3.41. The largest absolute Gasteiger partial charge is 0.466 e. The van der Waals surface area contributed by atoms with E-state index < -0.39 is 22.6 Å². The van der Waals surface area contributed by atoms with E-state index in [-0.39, 0.29) is 36.2 Å². The van der Waals surface area contributed by atoms with Crippen LogP contribution in [0, 0.1) is 11.8 Å². The predicted molar refractivity (Wildman–Crippen MR) is 125 cm³/mol. The molecule has 2 unspecified atom stereocenters. The summed E-state index contributed by atoms with van der Waals surface area (Å²) in [4.78, 5) is 44.0. The Morgan fingerprint density at radius 2 is 2.09 bits per heavy atom. The molecule has 3 saturated heterocycles. The number of hydrogen-bond donors (Lipinski definition) is 1. The van der Waals surface area contributed by atoms with E-state index in [2.05, 4.69) is 13.5 Å². The van der Waals surface area contributed by atoms with Gasteiger partial charge in [0.1, 0.15) is 6.04 Å². The van der Waals surface area contributed by atoms with Crippen LogP contribution in [0.5, 0.6) is 0 Å². The highest BCUT2D eigenvalue weighted by Gasteiger charge is 2.74. The SMILES string of the molecule is C=CCN(CCCCC)C(=O)C1N(CCCCO)C(=O)[C@@H]2[C@H](C(=O)OCC)[C@@H]3CCC12S3. The van der Waals surface area contributed by atoms with E-state index in [1.54, 1.807) is 29.7 Å². The molecule has 0 aromatic carbocycles. The first-order chi connectivity index (χ1) is 15.5. The number of esters is 1. The van der Waals surface area contributed by atoms with Gasteiger partial charge in [-0.3, -0.25) is 14.4 Å². The molecule has 0 aliphatic carbocycles. The van der Waals surface area contributed by atoms with E-state index in [0.717, 1.165) is 32.1 Å². The summed E-state index contributed by atoms with van der Waals surface area (Å²) in [5.41, 5.74) is 0. The lowest BCUT2D eigenvalue weighted by Crippen LogP contribution is -2.55. The normalized spacial score (nSPS) is 30.5. The van der Waals surface area contributed by atoms with E-state index in [0.29, 0.717) is 32.5 Å². The lowest BCUT2D eigenvalue weighted by molar-refractivity contribution is -0.153. The summed E-state index contributed by atoms with van der Waals surface area (Å²) < 4.78 is 4.78. The van der Waals surface area contributed by atoms with Gasteiger partial charge in [-0.25, -0.2) is 0 Å². The fraction of sp³-hybridized carbons (Fsp3) is 0.792. The van der Waals surface area contributed by atoms with Gasteiger partial charge < -0.3 is 19.6 Å². The van der Waals surface area contributed by atoms with E-state index >= 15 is 0 Å². The molecule has 2 amide bonds. The fourth-order valence-electron chi connectivity index (χ4n) is 5.75. The number of fused-ring (bicyclic) bond motifs is 1. The number of unbranched alkanes of at least 4 members (excludes halogenated alkanes) is 3. The first-order valence-electron chi connectivity index (χ1n) is 12.1. The Balaban J connectivity index is 1.93. The van der Waals surface area contributed by atoms with Crippen LogP contribution < -0.4 is 0 Å². The number of amides is 2. The summed E-state index contributed by atoms with van der Waals surface area (Å²) in [7, 11) is 0. The van der Waals surface area contributed by atoms with E-state index in [4.69, 9.17) is 4.74 Å². The highest BCUT2D eigenvalue weighted by atomic mass is 32.2. The van der Waals surface area contributed by atoms with Gasteiger partial charge in [0.25, 0.3) is 0 Å². The van der Waals surface area contributed by atoms with Gasteiger partial charge in [-0.15, -0.1) is 18.3 Å². The highest BCUT2D eigenvalue weighted by molar-refractivity contribution is 8.02. The lowest BCUT2D eigenvalue weighted by Gasteiger charge is -2.37. The molecule has 3 heterocycles. The van der Waals surface area contributed by atoms with Gasteiger partial charge in [-0.1, -0.05) is 25.8 Å². The number of carbonyl (C=O) groups is 3. The topological polar surface area (TPSA) is 87.2 Å². The van der Waals surface area contributed by atoms with Crippen molar-refractivity contribution >= 4 is 29.5 Å². The molecule has 7 nitrogen and oxygen atoms in total. The summed E-state index contributed by atoms with van der Waals surface area (Å²) in [6.07, 6.45) is 7.56. The van der Waals surface area contributed by atoms with Gasteiger partial charge in [-0.05, 0) is 39.0 Å². The van der Waals surface area contributed by atoms with Crippen LogP contribution in [0.1, 0.15) is 58.8 Å². The number of rotatable bonds is 13. The van der Waals surface area contributed by atoms with Crippen LogP contribution >= 0.6 is 11.8 Å². The number of aliphatic hydroxyl groups is 1. The van der Waals surface area contributed by atoms with Crippen molar-refractivity contribution in [3.05, 3.63) is 12.7 Å². The van der Waals surface area contributed by atoms with Crippen molar-refractivity contribution in [2.75, 3.05) is 32.8 Å². The fourth-order valence-corrected chi connectivity index (χ4v) is 7.95. The lowest BCUT2D eigenvalue weighted by atomic mass is 9.71. The highest BCUT2D eigenvalue weighted by Crippen LogP contribution is 2.66. The minimum atomic E-state index is -0.574. The Hall–Kier alpha value is -1.54. The minimum Gasteiger partial charge on any atom is -0.466 e. The maximum absolute atomic E-state index is 14.0. The molecule has 0 radical (unpaired) electrons. The molecule has 32 heavy (non-hydrogen) atoms. The van der Waals surface area contributed by atoms with Crippen LogP contribution in [-0.4, -0.2) is 81.6 Å². The maximum Gasteiger partial charge on any atom is 0.310 e. The third kappa shape index (κ3) is 4.45. The van der Waals surface area contributed by atoms with Crippen molar-refractivity contribution < 1.29 is 24.2 Å². The van der Waals surface area contributed by atoms with E-state index in [9.17, 15) is 19.5 Å². The predicted octanol–water partition coefficient (Wildman–Crippen LogP) is 2.62. The van der Waals surface area contributed by atoms with Crippen LogP contribution in [0.2, 0.25) is 0 Å². The van der Waals surface area contributed by atoms with Crippen LogP contribution in [0.3, 0.4) is 0 Å². The average molecular weight is 467 g/mol. The summed E-state index contributed by atoms with van der Waals surface area (Å²) >= 11 is 1.67. The number of likely N-dealkylation sites (tertiary alicyclic amines) is 1. The van der Waals surface area contributed by atoms with Gasteiger partial charge in [0, 0.05) is 31.5 Å². The first kappa shape index (κ1) is 25.1. The van der Waals surface area contributed by atoms with Crippen molar-refractivity contribution in [2.24, 2.45) is 11.8 Å². The second-order valence-corrected chi connectivity index (χ2v) is 10.7. The van der Waals surface area contributed by atoms with Crippen molar-refractivity contribution in [2.45, 2.75) is 74.8 Å². The second-order valence-electron chi connectivity index (χ2n) is 9.05. The Morgan fingerprint density at radius 1 is 1.31 bits per heavy atom. The quantitative estimate of drug-likeness (QED) is 0.255. The van der Waals surface area contributed by atoms with Gasteiger partial charge in [0.2, 0.25) is 11.8 Å². The van der Waals surface area contributed by atoms with E-state index in [1.165, 1.54) is 0 Å². The molecule has 5 atom stereocenters. The Bertz CT molecular complexity index is 717. The third-order valence-corrected chi connectivity index (χ3v) is 9.04. The second kappa shape index (κ2) is 11.1. The Morgan fingerprint density at radius 3 is 2.75 bits per heavy atom. The van der Waals surface area contributed by atoms with E-state index in [1.807, 2.05) is 4.90 Å². The number of aliphatic hydroxyl groups excluding tert-OH is 1. The molecular weight excluding hydrogens is 428 g/mol. The Kier molecular flexibility index (Phi) is 8.67.